The van der Waals surface area contributed by atoms with Crippen LogP contribution in [-0.4, -0.2) is 5.11 Å². The number of phenolic OH excluding ortho intramolecular Hbond substituents is 1. The zero-order valence-corrected chi connectivity index (χ0v) is 11.3. The van der Waals surface area contributed by atoms with Crippen LogP contribution in [0.25, 0.3) is 21.9 Å². The van der Waals surface area contributed by atoms with Crippen LogP contribution >= 0.6 is 11.6 Å². The quantitative estimate of drug-likeness (QED) is 0.645. The van der Waals surface area contributed by atoms with Crippen molar-refractivity contribution in [2.24, 2.45) is 0 Å². The maximum absolute atomic E-state index is 9.52. The van der Waals surface area contributed by atoms with Gasteiger partial charge in [-0.1, -0.05) is 35.9 Å². The number of aryl methyl sites for hydroxylation is 1. The molecule has 19 heavy (non-hydrogen) atoms. The molecule has 0 bridgehead atoms. The lowest BCUT2D eigenvalue weighted by Gasteiger charge is -2.09. The summed E-state index contributed by atoms with van der Waals surface area (Å²) >= 11 is 5.92. The van der Waals surface area contributed by atoms with Gasteiger partial charge in [0, 0.05) is 5.02 Å². The molecule has 0 radical (unpaired) electrons. The second kappa shape index (κ2) is 4.60. The molecule has 1 nitrogen and oxygen atoms in total. The Morgan fingerprint density at radius 3 is 2.32 bits per heavy atom. The summed E-state index contributed by atoms with van der Waals surface area (Å²) in [5.74, 6) is 0.297. The van der Waals surface area contributed by atoms with Crippen LogP contribution in [0.3, 0.4) is 0 Å². The van der Waals surface area contributed by atoms with Crippen molar-refractivity contribution < 1.29 is 5.11 Å². The second-order valence-corrected chi connectivity index (χ2v) is 5.14. The predicted molar refractivity (Wildman–Crippen MR) is 80.8 cm³/mol. The highest BCUT2D eigenvalue weighted by molar-refractivity contribution is 6.30. The normalized spacial score (nSPS) is 10.8. The first-order valence-electron chi connectivity index (χ1n) is 6.13. The Bertz CT molecular complexity index is 745. The van der Waals surface area contributed by atoms with E-state index in [0.717, 1.165) is 21.4 Å². The fraction of sp³-hybridized carbons (Fsp3) is 0.0588. The maximum atomic E-state index is 9.52. The highest BCUT2D eigenvalue weighted by Crippen LogP contribution is 2.30. The summed E-state index contributed by atoms with van der Waals surface area (Å²) in [7, 11) is 0. The lowest BCUT2D eigenvalue weighted by Crippen LogP contribution is -1.84. The van der Waals surface area contributed by atoms with Gasteiger partial charge < -0.3 is 5.11 Å². The molecule has 0 saturated carbocycles. The first-order valence-corrected chi connectivity index (χ1v) is 6.50. The minimum atomic E-state index is 0.297. The molecule has 0 aromatic heterocycles. The molecule has 0 atom stereocenters. The van der Waals surface area contributed by atoms with Gasteiger partial charge in [0.05, 0.1) is 0 Å². The molecule has 3 rings (SSSR count). The Morgan fingerprint density at radius 1 is 0.842 bits per heavy atom. The smallest absolute Gasteiger partial charge is 0.116 e. The Hall–Kier alpha value is -1.99. The van der Waals surface area contributed by atoms with Crippen LogP contribution in [0.4, 0.5) is 0 Å². The number of hydrogen-bond acceptors (Lipinski definition) is 1. The van der Waals surface area contributed by atoms with Gasteiger partial charge in [-0.2, -0.15) is 0 Å². The van der Waals surface area contributed by atoms with Gasteiger partial charge in [0.15, 0.2) is 0 Å². The van der Waals surface area contributed by atoms with Crippen LogP contribution < -0.4 is 0 Å². The van der Waals surface area contributed by atoms with Crippen LogP contribution in [0, 0.1) is 6.92 Å². The van der Waals surface area contributed by atoms with Crippen molar-refractivity contribution >= 4 is 22.4 Å². The van der Waals surface area contributed by atoms with Gasteiger partial charge in [-0.3, -0.25) is 0 Å². The predicted octanol–water partition coefficient (Wildman–Crippen LogP) is 5.17. The summed E-state index contributed by atoms with van der Waals surface area (Å²) in [6, 6.07) is 17.5. The molecule has 0 heterocycles. The molecule has 3 aromatic carbocycles. The van der Waals surface area contributed by atoms with Crippen molar-refractivity contribution in [2.75, 3.05) is 0 Å². The van der Waals surface area contributed by atoms with Gasteiger partial charge in [0.25, 0.3) is 0 Å². The maximum Gasteiger partial charge on any atom is 0.116 e. The van der Waals surface area contributed by atoms with E-state index < -0.39 is 0 Å². The van der Waals surface area contributed by atoms with Crippen LogP contribution in [0.15, 0.2) is 54.6 Å². The Kier molecular flexibility index (Phi) is 2.92. The molecule has 0 spiro atoms. The van der Waals surface area contributed by atoms with Crippen molar-refractivity contribution in [1.82, 2.24) is 0 Å². The van der Waals surface area contributed by atoms with E-state index >= 15 is 0 Å². The van der Waals surface area contributed by atoms with Crippen molar-refractivity contribution in [2.45, 2.75) is 6.92 Å². The van der Waals surface area contributed by atoms with E-state index in [-0.39, 0.29) is 0 Å². The second-order valence-electron chi connectivity index (χ2n) is 4.71. The monoisotopic (exact) mass is 268 g/mol. The van der Waals surface area contributed by atoms with Crippen molar-refractivity contribution in [3.8, 4) is 16.9 Å². The van der Waals surface area contributed by atoms with E-state index in [2.05, 4.69) is 19.1 Å². The molecule has 94 valence electrons. The first-order chi connectivity index (χ1) is 9.13. The highest BCUT2D eigenvalue weighted by Gasteiger charge is 2.05. The van der Waals surface area contributed by atoms with Gasteiger partial charge in [-0.05, 0) is 64.7 Å². The number of halogens is 1. The zero-order chi connectivity index (χ0) is 13.4. The Balaban J connectivity index is 2.21. The minimum absolute atomic E-state index is 0.297. The summed E-state index contributed by atoms with van der Waals surface area (Å²) in [5.41, 5.74) is 3.52. The largest absolute Gasteiger partial charge is 0.508 e. The Morgan fingerprint density at radius 2 is 1.58 bits per heavy atom. The lowest BCUT2D eigenvalue weighted by molar-refractivity contribution is 0.476. The number of rotatable bonds is 1. The summed E-state index contributed by atoms with van der Waals surface area (Å²) in [6.07, 6.45) is 0. The standard InChI is InChI=1S/C17H13ClO/c1-11-8-14-9-16(19)7-4-13(14)10-17(11)12-2-5-15(18)6-3-12/h2-10,19H,1H3. The average molecular weight is 269 g/mol. The Labute approximate surface area is 117 Å². The molecule has 0 amide bonds. The molecule has 0 aliphatic rings. The SMILES string of the molecule is Cc1cc2cc(O)ccc2cc1-c1ccc(Cl)cc1. The van der Waals surface area contributed by atoms with E-state index in [0.29, 0.717) is 5.75 Å². The third-order valence-corrected chi connectivity index (χ3v) is 3.57. The van der Waals surface area contributed by atoms with Crippen molar-refractivity contribution in [1.29, 1.82) is 0 Å². The van der Waals surface area contributed by atoms with Crippen molar-refractivity contribution in [3.63, 3.8) is 0 Å². The molecule has 0 fully saturated rings. The molecule has 0 saturated heterocycles. The summed E-state index contributed by atoms with van der Waals surface area (Å²) in [6.45, 7) is 2.08. The summed E-state index contributed by atoms with van der Waals surface area (Å²) in [5, 5.41) is 12.4. The molecule has 0 aliphatic carbocycles. The van der Waals surface area contributed by atoms with Gasteiger partial charge >= 0.3 is 0 Å². The average Bonchev–Trinajstić information content (AvgIpc) is 2.39. The van der Waals surface area contributed by atoms with Gasteiger partial charge in [0.2, 0.25) is 0 Å². The number of hydrogen-bond donors (Lipinski definition) is 1. The molecule has 2 heteroatoms. The van der Waals surface area contributed by atoms with Crippen LogP contribution in [-0.2, 0) is 0 Å². The number of aromatic hydroxyl groups is 1. The van der Waals surface area contributed by atoms with Gasteiger partial charge in [0.1, 0.15) is 5.75 Å². The summed E-state index contributed by atoms with van der Waals surface area (Å²) < 4.78 is 0. The third kappa shape index (κ3) is 2.29. The topological polar surface area (TPSA) is 20.2 Å². The summed E-state index contributed by atoms with van der Waals surface area (Å²) in [4.78, 5) is 0. The molecule has 0 aliphatic heterocycles. The van der Waals surface area contributed by atoms with Gasteiger partial charge in [-0.15, -0.1) is 0 Å². The fourth-order valence-electron chi connectivity index (χ4n) is 2.34. The lowest BCUT2D eigenvalue weighted by atomic mass is 9.96. The van der Waals surface area contributed by atoms with E-state index in [4.69, 9.17) is 11.6 Å². The van der Waals surface area contributed by atoms with Crippen molar-refractivity contribution in [3.05, 3.63) is 65.2 Å². The van der Waals surface area contributed by atoms with E-state index in [1.54, 1.807) is 12.1 Å². The third-order valence-electron chi connectivity index (χ3n) is 3.32. The number of fused-ring (bicyclic) bond motifs is 1. The fourth-order valence-corrected chi connectivity index (χ4v) is 2.47. The van der Waals surface area contributed by atoms with E-state index in [1.807, 2.05) is 30.3 Å². The van der Waals surface area contributed by atoms with Crippen LogP contribution in [0.5, 0.6) is 5.75 Å². The first kappa shape index (κ1) is 12.1. The molecular formula is C17H13ClO. The molecule has 1 N–H and O–H groups in total. The number of phenols is 1. The van der Waals surface area contributed by atoms with E-state index in [9.17, 15) is 5.11 Å². The molecule has 0 unspecified atom stereocenters. The highest BCUT2D eigenvalue weighted by atomic mass is 35.5. The number of benzene rings is 3. The van der Waals surface area contributed by atoms with Gasteiger partial charge in [-0.25, -0.2) is 0 Å². The minimum Gasteiger partial charge on any atom is -0.508 e. The van der Waals surface area contributed by atoms with Crippen LogP contribution in [0.2, 0.25) is 5.02 Å². The van der Waals surface area contributed by atoms with E-state index in [1.165, 1.54) is 11.1 Å². The zero-order valence-electron chi connectivity index (χ0n) is 10.5. The van der Waals surface area contributed by atoms with Crippen LogP contribution in [0.1, 0.15) is 5.56 Å². The molecular weight excluding hydrogens is 256 g/mol. The molecule has 3 aromatic rings.